The minimum Gasteiger partial charge on any atom is -0.328 e. The molecule has 0 saturated heterocycles. The third-order valence-electron chi connectivity index (χ3n) is 2.65. The van der Waals surface area contributed by atoms with Crippen LogP contribution in [0.5, 0.6) is 0 Å². The van der Waals surface area contributed by atoms with Crippen LogP contribution in [0.15, 0.2) is 24.4 Å². The topological polar surface area (TPSA) is 30.4 Å². The van der Waals surface area contributed by atoms with E-state index in [-0.39, 0.29) is 6.04 Å². The predicted molar refractivity (Wildman–Crippen MR) is 64.5 cm³/mol. The van der Waals surface area contributed by atoms with E-state index in [9.17, 15) is 0 Å². The maximum Gasteiger partial charge on any atom is 0.0693 e. The SMILES string of the molecule is Cc1c(Cl)c2ccccn2c1CC(C)N. The van der Waals surface area contributed by atoms with Crippen molar-refractivity contribution >= 4 is 17.1 Å². The van der Waals surface area contributed by atoms with Crippen molar-refractivity contribution < 1.29 is 0 Å². The van der Waals surface area contributed by atoms with Crippen molar-refractivity contribution in [1.82, 2.24) is 4.40 Å². The van der Waals surface area contributed by atoms with E-state index in [1.165, 1.54) is 5.69 Å². The average molecular weight is 223 g/mol. The van der Waals surface area contributed by atoms with Gasteiger partial charge < -0.3 is 10.1 Å². The molecule has 0 spiro atoms. The number of pyridine rings is 1. The van der Waals surface area contributed by atoms with Gasteiger partial charge in [0.05, 0.1) is 10.5 Å². The summed E-state index contributed by atoms with van der Waals surface area (Å²) in [6.07, 6.45) is 2.88. The molecule has 0 aliphatic carbocycles. The largest absolute Gasteiger partial charge is 0.328 e. The lowest BCUT2D eigenvalue weighted by Gasteiger charge is -2.06. The Balaban J connectivity index is 2.66. The maximum absolute atomic E-state index is 6.27. The van der Waals surface area contributed by atoms with Gasteiger partial charge in [0.2, 0.25) is 0 Å². The van der Waals surface area contributed by atoms with Gasteiger partial charge in [0, 0.05) is 24.4 Å². The molecule has 0 radical (unpaired) electrons. The van der Waals surface area contributed by atoms with Gasteiger partial charge in [-0.3, -0.25) is 0 Å². The molecule has 2 N–H and O–H groups in total. The van der Waals surface area contributed by atoms with Crippen molar-refractivity contribution in [2.24, 2.45) is 5.73 Å². The Hall–Kier alpha value is -0.990. The Bertz CT molecular complexity index is 486. The van der Waals surface area contributed by atoms with Crippen LogP contribution in [0.1, 0.15) is 18.2 Å². The Morgan fingerprint density at radius 1 is 1.47 bits per heavy atom. The number of fused-ring (bicyclic) bond motifs is 1. The van der Waals surface area contributed by atoms with Crippen molar-refractivity contribution in [2.45, 2.75) is 26.3 Å². The van der Waals surface area contributed by atoms with Crippen molar-refractivity contribution in [3.8, 4) is 0 Å². The van der Waals surface area contributed by atoms with Gasteiger partial charge in [0.25, 0.3) is 0 Å². The lowest BCUT2D eigenvalue weighted by Crippen LogP contribution is -2.19. The molecule has 2 aromatic rings. The molecular formula is C12H15ClN2. The highest BCUT2D eigenvalue weighted by Gasteiger charge is 2.13. The number of aromatic nitrogens is 1. The summed E-state index contributed by atoms with van der Waals surface area (Å²) in [5, 5.41) is 0.839. The van der Waals surface area contributed by atoms with Crippen molar-refractivity contribution in [3.63, 3.8) is 0 Å². The minimum atomic E-state index is 0.151. The number of nitrogens with zero attached hydrogens (tertiary/aromatic N) is 1. The van der Waals surface area contributed by atoms with E-state index in [1.807, 2.05) is 38.2 Å². The van der Waals surface area contributed by atoms with Crippen LogP contribution in [0.25, 0.3) is 5.52 Å². The molecule has 0 fully saturated rings. The van der Waals surface area contributed by atoms with E-state index in [2.05, 4.69) is 4.40 Å². The normalized spacial score (nSPS) is 13.3. The monoisotopic (exact) mass is 222 g/mol. The molecule has 2 aromatic heterocycles. The molecule has 0 amide bonds. The molecule has 2 nitrogen and oxygen atoms in total. The lowest BCUT2D eigenvalue weighted by atomic mass is 10.1. The molecule has 80 valence electrons. The first-order chi connectivity index (χ1) is 7.11. The van der Waals surface area contributed by atoms with Crippen molar-refractivity contribution in [1.29, 1.82) is 0 Å². The van der Waals surface area contributed by atoms with E-state index >= 15 is 0 Å². The zero-order valence-electron chi connectivity index (χ0n) is 9.00. The van der Waals surface area contributed by atoms with Crippen LogP contribution >= 0.6 is 11.6 Å². The quantitative estimate of drug-likeness (QED) is 0.832. The smallest absolute Gasteiger partial charge is 0.0693 e. The van der Waals surface area contributed by atoms with Crippen LogP contribution in [0.2, 0.25) is 5.02 Å². The van der Waals surface area contributed by atoms with Gasteiger partial charge in [0.1, 0.15) is 0 Å². The van der Waals surface area contributed by atoms with Gasteiger partial charge in [-0.2, -0.15) is 0 Å². The van der Waals surface area contributed by atoms with Crippen LogP contribution in [0.3, 0.4) is 0 Å². The molecule has 1 atom stereocenters. The fourth-order valence-corrected chi connectivity index (χ4v) is 2.18. The summed E-state index contributed by atoms with van der Waals surface area (Å²) >= 11 is 6.27. The second kappa shape index (κ2) is 3.87. The molecule has 2 heterocycles. The molecule has 0 aromatic carbocycles. The molecule has 3 heteroatoms. The molecule has 2 rings (SSSR count). The fraction of sp³-hybridized carbons (Fsp3) is 0.333. The third-order valence-corrected chi connectivity index (χ3v) is 3.13. The lowest BCUT2D eigenvalue weighted by molar-refractivity contribution is 0.714. The standard InChI is InChI=1S/C12H15ClN2/c1-8(14)7-11-9(2)12(13)10-5-3-4-6-15(10)11/h3-6,8H,7,14H2,1-2H3. The van der Waals surface area contributed by atoms with Crippen LogP contribution in [0.4, 0.5) is 0 Å². The van der Waals surface area contributed by atoms with E-state index in [0.29, 0.717) is 0 Å². The first-order valence-electron chi connectivity index (χ1n) is 5.11. The summed E-state index contributed by atoms with van der Waals surface area (Å²) in [5.41, 5.74) is 9.25. The molecule has 15 heavy (non-hydrogen) atoms. The minimum absolute atomic E-state index is 0.151. The van der Waals surface area contributed by atoms with Gasteiger partial charge in [-0.1, -0.05) is 17.7 Å². The highest BCUT2D eigenvalue weighted by Crippen LogP contribution is 2.28. The number of nitrogens with two attached hydrogens (primary N) is 1. The summed E-state index contributed by atoms with van der Waals surface area (Å²) in [6.45, 7) is 4.06. The highest BCUT2D eigenvalue weighted by atomic mass is 35.5. The number of rotatable bonds is 2. The summed E-state index contributed by atoms with van der Waals surface area (Å²) in [6, 6.07) is 6.18. The van der Waals surface area contributed by atoms with E-state index < -0.39 is 0 Å². The molecule has 0 bridgehead atoms. The maximum atomic E-state index is 6.27. The van der Waals surface area contributed by atoms with Crippen molar-refractivity contribution in [3.05, 3.63) is 40.7 Å². The summed E-state index contributed by atoms with van der Waals surface area (Å²) in [7, 11) is 0. The van der Waals surface area contributed by atoms with Crippen LogP contribution < -0.4 is 5.73 Å². The molecule has 0 saturated carbocycles. The van der Waals surface area contributed by atoms with Gasteiger partial charge in [-0.05, 0) is 31.5 Å². The van der Waals surface area contributed by atoms with Gasteiger partial charge in [-0.15, -0.1) is 0 Å². The Morgan fingerprint density at radius 2 is 2.20 bits per heavy atom. The van der Waals surface area contributed by atoms with E-state index in [1.54, 1.807) is 0 Å². The Labute approximate surface area is 94.7 Å². The molecule has 1 unspecified atom stereocenters. The van der Waals surface area contributed by atoms with Gasteiger partial charge in [0.15, 0.2) is 0 Å². The molecule has 0 aliphatic heterocycles. The molecule has 0 aliphatic rings. The summed E-state index contributed by atoms with van der Waals surface area (Å²) in [5.74, 6) is 0. The first kappa shape index (κ1) is 10.5. The first-order valence-corrected chi connectivity index (χ1v) is 5.48. The Morgan fingerprint density at radius 3 is 2.87 bits per heavy atom. The summed E-state index contributed by atoms with van der Waals surface area (Å²) in [4.78, 5) is 0. The van der Waals surface area contributed by atoms with Crippen LogP contribution in [-0.2, 0) is 6.42 Å². The zero-order valence-corrected chi connectivity index (χ0v) is 9.75. The number of hydrogen-bond donors (Lipinski definition) is 1. The Kier molecular flexibility index (Phi) is 2.72. The zero-order chi connectivity index (χ0) is 11.0. The fourth-order valence-electron chi connectivity index (χ4n) is 1.91. The summed E-state index contributed by atoms with van der Waals surface area (Å²) < 4.78 is 2.13. The van der Waals surface area contributed by atoms with Crippen LogP contribution in [-0.4, -0.2) is 10.4 Å². The van der Waals surface area contributed by atoms with Crippen molar-refractivity contribution in [2.75, 3.05) is 0 Å². The van der Waals surface area contributed by atoms with E-state index in [0.717, 1.165) is 22.5 Å². The second-order valence-corrected chi connectivity index (χ2v) is 4.40. The number of halogens is 1. The number of hydrogen-bond acceptors (Lipinski definition) is 1. The van der Waals surface area contributed by atoms with E-state index in [4.69, 9.17) is 17.3 Å². The van der Waals surface area contributed by atoms with Crippen LogP contribution in [0, 0.1) is 6.92 Å². The van der Waals surface area contributed by atoms with Gasteiger partial charge >= 0.3 is 0 Å². The average Bonchev–Trinajstić information content (AvgIpc) is 2.44. The van der Waals surface area contributed by atoms with Gasteiger partial charge in [-0.25, -0.2) is 0 Å². The highest BCUT2D eigenvalue weighted by molar-refractivity contribution is 6.34. The second-order valence-electron chi connectivity index (χ2n) is 4.02. The molecular weight excluding hydrogens is 208 g/mol. The predicted octanol–water partition coefficient (Wildman–Crippen LogP) is 2.79. The third kappa shape index (κ3) is 1.75.